The van der Waals surface area contributed by atoms with E-state index >= 15 is 0 Å². The number of anilines is 2. The molecular formula is C23H22ClN5O2. The molecule has 0 unspecified atom stereocenters. The molecule has 0 saturated carbocycles. The minimum Gasteiger partial charge on any atom is -0.497 e. The zero-order valence-electron chi connectivity index (χ0n) is 17.7. The summed E-state index contributed by atoms with van der Waals surface area (Å²) in [6.07, 6.45) is 1.78. The molecule has 2 heterocycles. The van der Waals surface area contributed by atoms with Gasteiger partial charge in [-0.15, -0.1) is 0 Å². The number of methoxy groups -OCH3 is 2. The van der Waals surface area contributed by atoms with Crippen molar-refractivity contribution in [2.45, 2.75) is 13.8 Å². The van der Waals surface area contributed by atoms with E-state index < -0.39 is 0 Å². The van der Waals surface area contributed by atoms with Crippen LogP contribution in [0.3, 0.4) is 0 Å². The molecule has 4 aromatic rings. The number of hydrogen-bond donors (Lipinski definition) is 1. The van der Waals surface area contributed by atoms with Gasteiger partial charge in [0.1, 0.15) is 11.5 Å². The Morgan fingerprint density at radius 3 is 2.26 bits per heavy atom. The van der Waals surface area contributed by atoms with Gasteiger partial charge in [0, 0.05) is 28.0 Å². The third kappa shape index (κ3) is 4.32. The van der Waals surface area contributed by atoms with Crippen LogP contribution in [0.5, 0.6) is 11.5 Å². The lowest BCUT2D eigenvalue weighted by Crippen LogP contribution is -2.08. The second kappa shape index (κ2) is 8.65. The van der Waals surface area contributed by atoms with Crippen molar-refractivity contribution in [1.82, 2.24) is 19.5 Å². The highest BCUT2D eigenvalue weighted by Gasteiger charge is 2.19. The van der Waals surface area contributed by atoms with E-state index in [0.29, 0.717) is 28.4 Å². The standard InChI is InChI=1S/C23H22ClN5O2/c1-14-11-15(2)27-22(26-14)28-23-25-13-20(16-5-7-17(24)8-6-16)29(23)19-12-18(30-3)9-10-21(19)31-4/h5-13H,1-4H3,(H,25,26,27,28). The molecule has 0 amide bonds. The Balaban J connectivity index is 1.92. The molecule has 2 aromatic heterocycles. The molecule has 0 radical (unpaired) electrons. The average molecular weight is 436 g/mol. The molecule has 8 heteroatoms. The highest BCUT2D eigenvalue weighted by molar-refractivity contribution is 6.30. The number of ether oxygens (including phenoxy) is 2. The van der Waals surface area contributed by atoms with E-state index in [1.807, 2.05) is 66.9 Å². The van der Waals surface area contributed by atoms with Crippen molar-refractivity contribution in [3.63, 3.8) is 0 Å². The molecule has 0 saturated heterocycles. The number of nitrogens with one attached hydrogen (secondary N) is 1. The van der Waals surface area contributed by atoms with E-state index in [9.17, 15) is 0 Å². The summed E-state index contributed by atoms with van der Waals surface area (Å²) in [5, 5.41) is 3.91. The number of aromatic nitrogens is 4. The summed E-state index contributed by atoms with van der Waals surface area (Å²) in [4.78, 5) is 13.6. The number of imidazole rings is 1. The van der Waals surface area contributed by atoms with Crippen LogP contribution in [0.2, 0.25) is 5.02 Å². The van der Waals surface area contributed by atoms with Gasteiger partial charge in [-0.2, -0.15) is 0 Å². The molecular weight excluding hydrogens is 414 g/mol. The first-order valence-electron chi connectivity index (χ1n) is 9.64. The Morgan fingerprint density at radius 1 is 0.903 bits per heavy atom. The summed E-state index contributed by atoms with van der Waals surface area (Å²) in [6.45, 7) is 3.85. The number of hydrogen-bond acceptors (Lipinski definition) is 6. The SMILES string of the molecule is COc1ccc(OC)c(-n2c(-c3ccc(Cl)cc3)cnc2Nc2nc(C)cc(C)n2)c1. The lowest BCUT2D eigenvalue weighted by atomic mass is 10.1. The topological polar surface area (TPSA) is 74.1 Å². The number of rotatable bonds is 6. The van der Waals surface area contributed by atoms with Gasteiger partial charge in [0.15, 0.2) is 0 Å². The van der Waals surface area contributed by atoms with Crippen molar-refractivity contribution in [2.24, 2.45) is 0 Å². The molecule has 1 N–H and O–H groups in total. The number of nitrogens with zero attached hydrogens (tertiary/aromatic N) is 4. The Bertz CT molecular complexity index is 1200. The molecule has 2 aromatic carbocycles. The Morgan fingerprint density at radius 2 is 1.61 bits per heavy atom. The van der Waals surface area contributed by atoms with Crippen LogP contribution < -0.4 is 14.8 Å². The van der Waals surface area contributed by atoms with Crippen LogP contribution in [0.25, 0.3) is 16.9 Å². The van der Waals surface area contributed by atoms with Gasteiger partial charge >= 0.3 is 0 Å². The van der Waals surface area contributed by atoms with Gasteiger partial charge in [-0.3, -0.25) is 9.88 Å². The highest BCUT2D eigenvalue weighted by Crippen LogP contribution is 2.35. The lowest BCUT2D eigenvalue weighted by Gasteiger charge is -2.17. The molecule has 0 spiro atoms. The van der Waals surface area contributed by atoms with E-state index in [2.05, 4.69) is 20.3 Å². The van der Waals surface area contributed by atoms with Crippen molar-refractivity contribution < 1.29 is 9.47 Å². The third-order valence-electron chi connectivity index (χ3n) is 4.73. The fraction of sp³-hybridized carbons (Fsp3) is 0.174. The van der Waals surface area contributed by atoms with Crippen molar-refractivity contribution in [2.75, 3.05) is 19.5 Å². The summed E-state index contributed by atoms with van der Waals surface area (Å²) >= 11 is 6.10. The Labute approximate surface area is 185 Å². The van der Waals surface area contributed by atoms with E-state index in [1.165, 1.54) is 0 Å². The van der Waals surface area contributed by atoms with Crippen molar-refractivity contribution >= 4 is 23.5 Å². The van der Waals surface area contributed by atoms with E-state index in [4.69, 9.17) is 21.1 Å². The first-order chi connectivity index (χ1) is 15.0. The van der Waals surface area contributed by atoms with Crippen LogP contribution in [0.1, 0.15) is 11.4 Å². The van der Waals surface area contributed by atoms with Crippen LogP contribution in [0, 0.1) is 13.8 Å². The van der Waals surface area contributed by atoms with Gasteiger partial charge in [0.25, 0.3) is 0 Å². The van der Waals surface area contributed by atoms with Crippen LogP contribution in [-0.2, 0) is 0 Å². The first kappa shape index (κ1) is 20.7. The van der Waals surface area contributed by atoms with E-state index in [1.54, 1.807) is 20.4 Å². The normalized spacial score (nSPS) is 10.7. The molecule has 7 nitrogen and oxygen atoms in total. The number of aryl methyl sites for hydroxylation is 2. The second-order valence-corrected chi connectivity index (χ2v) is 7.38. The monoisotopic (exact) mass is 435 g/mol. The van der Waals surface area contributed by atoms with Gasteiger partial charge in [0.2, 0.25) is 11.9 Å². The van der Waals surface area contributed by atoms with Gasteiger partial charge in [-0.25, -0.2) is 15.0 Å². The molecule has 0 aliphatic carbocycles. The smallest absolute Gasteiger partial charge is 0.229 e. The third-order valence-corrected chi connectivity index (χ3v) is 4.99. The van der Waals surface area contributed by atoms with Crippen LogP contribution >= 0.6 is 11.6 Å². The van der Waals surface area contributed by atoms with E-state index in [-0.39, 0.29) is 0 Å². The molecule has 158 valence electrons. The largest absolute Gasteiger partial charge is 0.497 e. The predicted molar refractivity (Wildman–Crippen MR) is 122 cm³/mol. The van der Waals surface area contributed by atoms with Crippen molar-refractivity contribution in [1.29, 1.82) is 0 Å². The molecule has 0 aliphatic rings. The van der Waals surface area contributed by atoms with Crippen molar-refractivity contribution in [3.8, 4) is 28.4 Å². The minimum atomic E-state index is 0.467. The Kier molecular flexibility index (Phi) is 5.77. The summed E-state index contributed by atoms with van der Waals surface area (Å²) < 4.78 is 13.0. The molecule has 0 atom stereocenters. The second-order valence-electron chi connectivity index (χ2n) is 6.95. The highest BCUT2D eigenvalue weighted by atomic mass is 35.5. The maximum Gasteiger partial charge on any atom is 0.229 e. The lowest BCUT2D eigenvalue weighted by molar-refractivity contribution is 0.401. The predicted octanol–water partition coefficient (Wildman–Crippen LogP) is 5.36. The minimum absolute atomic E-state index is 0.467. The van der Waals surface area contributed by atoms with E-state index in [0.717, 1.165) is 28.3 Å². The first-order valence-corrected chi connectivity index (χ1v) is 10.0. The van der Waals surface area contributed by atoms with Crippen molar-refractivity contribution in [3.05, 3.63) is 71.1 Å². The fourth-order valence-electron chi connectivity index (χ4n) is 3.36. The zero-order valence-corrected chi connectivity index (χ0v) is 18.4. The van der Waals surface area contributed by atoms with Gasteiger partial charge in [-0.1, -0.05) is 23.7 Å². The molecule has 0 aliphatic heterocycles. The maximum atomic E-state index is 6.10. The maximum absolute atomic E-state index is 6.10. The quantitative estimate of drug-likeness (QED) is 0.439. The molecule has 0 bridgehead atoms. The molecule has 31 heavy (non-hydrogen) atoms. The number of halogens is 1. The summed E-state index contributed by atoms with van der Waals surface area (Å²) in [6, 6.07) is 15.1. The van der Waals surface area contributed by atoms with Crippen LogP contribution in [-0.4, -0.2) is 33.7 Å². The zero-order chi connectivity index (χ0) is 22.0. The molecule has 4 rings (SSSR count). The number of benzene rings is 2. The van der Waals surface area contributed by atoms with Gasteiger partial charge < -0.3 is 9.47 Å². The molecule has 0 fully saturated rings. The summed E-state index contributed by atoms with van der Waals surface area (Å²) in [7, 11) is 3.26. The summed E-state index contributed by atoms with van der Waals surface area (Å²) in [5.41, 5.74) is 4.28. The van der Waals surface area contributed by atoms with Gasteiger partial charge in [0.05, 0.1) is 31.8 Å². The van der Waals surface area contributed by atoms with Crippen LogP contribution in [0.15, 0.2) is 54.7 Å². The fourth-order valence-corrected chi connectivity index (χ4v) is 3.49. The average Bonchev–Trinajstić information content (AvgIpc) is 3.16. The summed E-state index contributed by atoms with van der Waals surface area (Å²) in [5.74, 6) is 2.37. The Hall–Kier alpha value is -3.58. The van der Waals surface area contributed by atoms with Gasteiger partial charge in [-0.05, 0) is 44.2 Å². The van der Waals surface area contributed by atoms with Crippen LogP contribution in [0.4, 0.5) is 11.9 Å².